The Labute approximate surface area is 218 Å². The molecule has 0 saturated carbocycles. The zero-order valence-electron chi connectivity index (χ0n) is 21.4. The van der Waals surface area contributed by atoms with E-state index in [1.165, 1.54) is 4.31 Å². The largest absolute Gasteiger partial charge is 0.309 e. The minimum absolute atomic E-state index is 0.171. The van der Waals surface area contributed by atoms with Crippen molar-refractivity contribution >= 4 is 21.7 Å². The molecule has 1 N–H and O–H groups in total. The predicted molar refractivity (Wildman–Crippen MR) is 147 cm³/mol. The second-order valence-corrected chi connectivity index (χ2v) is 10.9. The van der Waals surface area contributed by atoms with Crippen molar-refractivity contribution < 1.29 is 13.2 Å². The Morgan fingerprint density at radius 2 is 1.54 bits per heavy atom. The zero-order valence-corrected chi connectivity index (χ0v) is 22.2. The Morgan fingerprint density at radius 3 is 2.19 bits per heavy atom. The maximum absolute atomic E-state index is 13.5. The van der Waals surface area contributed by atoms with Crippen LogP contribution < -0.4 is 5.32 Å². The van der Waals surface area contributed by atoms with Gasteiger partial charge in [-0.2, -0.15) is 9.40 Å². The average Bonchev–Trinajstić information content (AvgIpc) is 3.22. The maximum Gasteiger partial charge on any atom is 0.243 e. The summed E-state index contributed by atoms with van der Waals surface area (Å²) in [6, 6.07) is 25.8. The van der Waals surface area contributed by atoms with Gasteiger partial charge in [-0.3, -0.25) is 4.79 Å². The fourth-order valence-electron chi connectivity index (χ4n) is 4.26. The van der Waals surface area contributed by atoms with Crippen LogP contribution in [0.15, 0.2) is 89.8 Å². The van der Waals surface area contributed by atoms with E-state index < -0.39 is 15.9 Å². The van der Waals surface area contributed by atoms with E-state index in [0.717, 1.165) is 34.5 Å². The summed E-state index contributed by atoms with van der Waals surface area (Å²) in [6.07, 6.45) is 1.45. The molecule has 0 bridgehead atoms. The molecule has 8 heteroatoms. The van der Waals surface area contributed by atoms with Crippen LogP contribution in [-0.2, 0) is 14.8 Å². The lowest BCUT2D eigenvalue weighted by atomic mass is 10.1. The van der Waals surface area contributed by atoms with Crippen LogP contribution in [0.5, 0.6) is 0 Å². The molecule has 4 rings (SSSR count). The van der Waals surface area contributed by atoms with E-state index in [4.69, 9.17) is 5.10 Å². The van der Waals surface area contributed by atoms with Crippen molar-refractivity contribution in [1.82, 2.24) is 14.1 Å². The standard InChI is InChI=1S/C29H32N4O3S/c1-4-5-20-32(37(35,36)25-17-10-7-11-18-25)21-27(34)30-29-28(24-15-8-6-9-16-24)23(3)31-33(29)26-19-13-12-14-22(26)2/h6-19H,4-5,20-21H2,1-3H3,(H,30,34). The van der Waals surface area contributed by atoms with E-state index in [0.29, 0.717) is 12.2 Å². The first-order valence-electron chi connectivity index (χ1n) is 12.4. The van der Waals surface area contributed by atoms with Gasteiger partial charge in [-0.05, 0) is 49.6 Å². The number of amides is 1. The van der Waals surface area contributed by atoms with Gasteiger partial charge in [-0.1, -0.05) is 80.1 Å². The van der Waals surface area contributed by atoms with Crippen molar-refractivity contribution in [2.24, 2.45) is 0 Å². The highest BCUT2D eigenvalue weighted by molar-refractivity contribution is 7.89. The molecule has 0 saturated heterocycles. The number of benzene rings is 3. The molecule has 1 aromatic heterocycles. The van der Waals surface area contributed by atoms with Gasteiger partial charge in [0, 0.05) is 12.1 Å². The highest BCUT2D eigenvalue weighted by atomic mass is 32.2. The van der Waals surface area contributed by atoms with Gasteiger partial charge in [0.2, 0.25) is 15.9 Å². The Kier molecular flexibility index (Phi) is 8.21. The van der Waals surface area contributed by atoms with Gasteiger partial charge in [0.25, 0.3) is 0 Å². The van der Waals surface area contributed by atoms with E-state index in [1.54, 1.807) is 35.0 Å². The molecular formula is C29H32N4O3S. The molecular weight excluding hydrogens is 484 g/mol. The number of nitrogens with one attached hydrogen (secondary N) is 1. The number of rotatable bonds is 10. The minimum Gasteiger partial charge on any atom is -0.309 e. The number of nitrogens with zero attached hydrogens (tertiary/aromatic N) is 3. The number of aryl methyl sites for hydroxylation is 2. The van der Waals surface area contributed by atoms with Crippen LogP contribution in [0.1, 0.15) is 31.0 Å². The number of hydrogen-bond acceptors (Lipinski definition) is 4. The Bertz CT molecular complexity index is 1470. The number of carbonyl (C=O) groups excluding carboxylic acids is 1. The lowest BCUT2D eigenvalue weighted by molar-refractivity contribution is -0.116. The van der Waals surface area contributed by atoms with Crippen LogP contribution in [-0.4, -0.2) is 41.5 Å². The molecule has 192 valence electrons. The summed E-state index contributed by atoms with van der Waals surface area (Å²) < 4.78 is 29.7. The number of aromatic nitrogens is 2. The smallest absolute Gasteiger partial charge is 0.243 e. The molecule has 0 aliphatic rings. The van der Waals surface area contributed by atoms with Crippen molar-refractivity contribution in [3.63, 3.8) is 0 Å². The average molecular weight is 517 g/mol. The number of sulfonamides is 1. The van der Waals surface area contributed by atoms with E-state index >= 15 is 0 Å². The van der Waals surface area contributed by atoms with Gasteiger partial charge in [-0.25, -0.2) is 13.1 Å². The van der Waals surface area contributed by atoms with Gasteiger partial charge in [-0.15, -0.1) is 0 Å². The van der Waals surface area contributed by atoms with Crippen LogP contribution >= 0.6 is 0 Å². The molecule has 0 spiro atoms. The summed E-state index contributed by atoms with van der Waals surface area (Å²) in [4.78, 5) is 13.6. The normalized spacial score (nSPS) is 11.6. The fourth-order valence-corrected chi connectivity index (χ4v) is 5.72. The number of hydrogen-bond donors (Lipinski definition) is 1. The quantitative estimate of drug-likeness (QED) is 0.298. The topological polar surface area (TPSA) is 84.3 Å². The minimum atomic E-state index is -3.84. The molecule has 1 heterocycles. The van der Waals surface area contributed by atoms with Gasteiger partial charge in [0.1, 0.15) is 5.82 Å². The van der Waals surface area contributed by atoms with Crippen molar-refractivity contribution in [2.45, 2.75) is 38.5 Å². The zero-order chi connectivity index (χ0) is 26.4. The van der Waals surface area contributed by atoms with E-state index in [-0.39, 0.29) is 18.0 Å². The Balaban J connectivity index is 1.72. The second-order valence-electron chi connectivity index (χ2n) is 8.93. The van der Waals surface area contributed by atoms with Crippen molar-refractivity contribution in [1.29, 1.82) is 0 Å². The lowest BCUT2D eigenvalue weighted by Crippen LogP contribution is -2.39. The summed E-state index contributed by atoms with van der Waals surface area (Å²) in [5, 5.41) is 7.78. The summed E-state index contributed by atoms with van der Waals surface area (Å²) in [7, 11) is -3.84. The molecule has 4 aromatic rings. The van der Waals surface area contributed by atoms with Crippen molar-refractivity contribution in [3.05, 3.63) is 96.2 Å². The molecule has 0 fully saturated rings. The molecule has 0 unspecified atom stereocenters. The van der Waals surface area contributed by atoms with E-state index in [1.807, 2.05) is 75.4 Å². The van der Waals surface area contributed by atoms with Crippen LogP contribution in [0.3, 0.4) is 0 Å². The highest BCUT2D eigenvalue weighted by Gasteiger charge is 2.28. The molecule has 37 heavy (non-hydrogen) atoms. The van der Waals surface area contributed by atoms with Crippen molar-refractivity contribution in [3.8, 4) is 16.8 Å². The molecule has 1 amide bonds. The number of unbranched alkanes of at least 4 members (excludes halogenated alkanes) is 1. The molecule has 0 aliphatic carbocycles. The summed E-state index contributed by atoms with van der Waals surface area (Å²) in [5.74, 6) is 0.0816. The molecule has 3 aromatic carbocycles. The summed E-state index contributed by atoms with van der Waals surface area (Å²) >= 11 is 0. The number of anilines is 1. The van der Waals surface area contributed by atoms with Gasteiger partial charge in [0.05, 0.1) is 22.8 Å². The van der Waals surface area contributed by atoms with Crippen molar-refractivity contribution in [2.75, 3.05) is 18.4 Å². The molecule has 0 radical (unpaired) electrons. The first-order valence-corrected chi connectivity index (χ1v) is 13.8. The van der Waals surface area contributed by atoms with Crippen LogP contribution in [0.4, 0.5) is 5.82 Å². The second kappa shape index (κ2) is 11.5. The third-order valence-electron chi connectivity index (χ3n) is 6.19. The Hall–Kier alpha value is -3.75. The first kappa shape index (κ1) is 26.3. The number of carbonyl (C=O) groups is 1. The van der Waals surface area contributed by atoms with Crippen LogP contribution in [0, 0.1) is 13.8 Å². The van der Waals surface area contributed by atoms with E-state index in [9.17, 15) is 13.2 Å². The monoisotopic (exact) mass is 516 g/mol. The highest BCUT2D eigenvalue weighted by Crippen LogP contribution is 2.34. The summed E-state index contributed by atoms with van der Waals surface area (Å²) in [6.45, 7) is 5.83. The van der Waals surface area contributed by atoms with E-state index in [2.05, 4.69) is 5.32 Å². The maximum atomic E-state index is 13.5. The summed E-state index contributed by atoms with van der Waals surface area (Å²) in [5.41, 5.74) is 4.29. The number of para-hydroxylation sites is 1. The van der Waals surface area contributed by atoms with Crippen LogP contribution in [0.25, 0.3) is 16.8 Å². The molecule has 0 atom stereocenters. The first-order chi connectivity index (χ1) is 17.8. The molecule has 7 nitrogen and oxygen atoms in total. The van der Waals surface area contributed by atoms with Crippen LogP contribution in [0.2, 0.25) is 0 Å². The van der Waals surface area contributed by atoms with Gasteiger partial charge in [0.15, 0.2) is 0 Å². The molecule has 0 aliphatic heterocycles. The SMILES string of the molecule is CCCCN(CC(=O)Nc1c(-c2ccccc2)c(C)nn1-c1ccccc1C)S(=O)(=O)c1ccccc1. The van der Waals surface area contributed by atoms with Gasteiger partial charge >= 0.3 is 0 Å². The predicted octanol–water partition coefficient (Wildman–Crippen LogP) is 5.59. The third kappa shape index (κ3) is 5.81. The fraction of sp³-hybridized carbons (Fsp3) is 0.241. The third-order valence-corrected chi connectivity index (χ3v) is 8.05. The Morgan fingerprint density at radius 1 is 0.919 bits per heavy atom. The lowest BCUT2D eigenvalue weighted by Gasteiger charge is -2.22. The van der Waals surface area contributed by atoms with Gasteiger partial charge < -0.3 is 5.32 Å².